The van der Waals surface area contributed by atoms with Crippen molar-refractivity contribution in [1.29, 1.82) is 5.26 Å². The summed E-state index contributed by atoms with van der Waals surface area (Å²) >= 11 is 0. The summed E-state index contributed by atoms with van der Waals surface area (Å²) in [6.45, 7) is 0. The molecule has 1 N–H and O–H groups in total. The molecule has 0 heterocycles. The first-order valence-electron chi connectivity index (χ1n) is 6.67. The van der Waals surface area contributed by atoms with Gasteiger partial charge in [-0.3, -0.25) is 0 Å². The van der Waals surface area contributed by atoms with Crippen LogP contribution in [0.3, 0.4) is 0 Å². The average Bonchev–Trinajstić information content (AvgIpc) is 2.87. The van der Waals surface area contributed by atoms with Crippen molar-refractivity contribution in [2.75, 3.05) is 0 Å². The summed E-state index contributed by atoms with van der Waals surface area (Å²) in [5, 5.41) is 20.0. The van der Waals surface area contributed by atoms with Gasteiger partial charge in [0.25, 0.3) is 0 Å². The first-order valence-corrected chi connectivity index (χ1v) is 6.67. The fraction of sp³-hybridized carbons (Fsp3) is 0.235. The highest BCUT2D eigenvalue weighted by Crippen LogP contribution is 2.46. The molecule has 1 atom stereocenters. The lowest BCUT2D eigenvalue weighted by Crippen LogP contribution is -2.29. The second-order valence-electron chi connectivity index (χ2n) is 5.43. The van der Waals surface area contributed by atoms with E-state index in [-0.39, 0.29) is 12.8 Å². The van der Waals surface area contributed by atoms with Crippen LogP contribution in [0, 0.1) is 28.4 Å². The van der Waals surface area contributed by atoms with Crippen molar-refractivity contribution in [1.82, 2.24) is 0 Å². The van der Waals surface area contributed by atoms with Crippen molar-refractivity contribution in [3.8, 4) is 6.07 Å². The summed E-state index contributed by atoms with van der Waals surface area (Å²) in [6.07, 6.45) is -0.931. The number of nitrogens with zero attached hydrogens (tertiary/aromatic N) is 1. The maximum atomic E-state index is 13.9. The smallest absolute Gasteiger partial charge is 0.132 e. The second kappa shape index (κ2) is 4.94. The summed E-state index contributed by atoms with van der Waals surface area (Å²) in [5.74, 6) is -1.65. The van der Waals surface area contributed by atoms with Gasteiger partial charge >= 0.3 is 0 Å². The van der Waals surface area contributed by atoms with E-state index in [1.165, 1.54) is 6.07 Å². The lowest BCUT2D eigenvalue weighted by atomic mass is 9.77. The normalized spacial score (nSPS) is 17.0. The van der Waals surface area contributed by atoms with E-state index in [1.807, 2.05) is 24.3 Å². The Kier molecular flexibility index (Phi) is 3.23. The monoisotopic (exact) mass is 285 g/mol. The Labute approximate surface area is 121 Å². The average molecular weight is 285 g/mol. The Morgan fingerprint density at radius 3 is 2.00 bits per heavy atom. The van der Waals surface area contributed by atoms with Gasteiger partial charge in [-0.05, 0) is 36.1 Å². The molecule has 21 heavy (non-hydrogen) atoms. The van der Waals surface area contributed by atoms with Crippen LogP contribution < -0.4 is 0 Å². The predicted octanol–water partition coefficient (Wildman–Crippen LogP) is 3.31. The third-order valence-corrected chi connectivity index (χ3v) is 4.15. The predicted molar refractivity (Wildman–Crippen MR) is 73.2 cm³/mol. The third kappa shape index (κ3) is 2.10. The van der Waals surface area contributed by atoms with Crippen molar-refractivity contribution < 1.29 is 13.9 Å². The molecule has 2 aromatic carbocycles. The molecular formula is C17H13F2NO. The van der Waals surface area contributed by atoms with Crippen LogP contribution >= 0.6 is 0 Å². The standard InChI is InChI=1S/C17H13F2NO/c18-13-6-3-7-14(19)15(13)16(21)17(10-20)8-11-4-1-2-5-12(11)9-17/h1-7,16,21H,8-9H2. The summed E-state index contributed by atoms with van der Waals surface area (Å²) in [6, 6.07) is 13.0. The zero-order valence-electron chi connectivity index (χ0n) is 11.2. The largest absolute Gasteiger partial charge is 0.386 e. The summed E-state index contributed by atoms with van der Waals surface area (Å²) < 4.78 is 27.8. The maximum absolute atomic E-state index is 13.9. The van der Waals surface area contributed by atoms with Crippen LogP contribution in [-0.4, -0.2) is 5.11 Å². The van der Waals surface area contributed by atoms with Crippen molar-refractivity contribution in [3.05, 3.63) is 70.8 Å². The molecule has 106 valence electrons. The summed E-state index contributed by atoms with van der Waals surface area (Å²) in [7, 11) is 0. The Balaban J connectivity index is 2.05. The minimum atomic E-state index is -1.50. The van der Waals surface area contributed by atoms with Gasteiger partial charge in [0.15, 0.2) is 0 Å². The number of rotatable bonds is 2. The zero-order valence-corrected chi connectivity index (χ0v) is 11.2. The molecule has 1 aliphatic rings. The molecule has 0 amide bonds. The van der Waals surface area contributed by atoms with Gasteiger partial charge in [0, 0.05) is 0 Å². The number of hydrogen-bond donors (Lipinski definition) is 1. The van der Waals surface area contributed by atoms with E-state index in [0.717, 1.165) is 23.3 Å². The summed E-state index contributed by atoms with van der Waals surface area (Å²) in [5.41, 5.74) is 0.226. The lowest BCUT2D eigenvalue weighted by Gasteiger charge is -2.27. The Morgan fingerprint density at radius 2 is 1.52 bits per heavy atom. The van der Waals surface area contributed by atoms with Crippen LogP contribution in [0.1, 0.15) is 22.8 Å². The van der Waals surface area contributed by atoms with Gasteiger partial charge in [-0.2, -0.15) is 5.26 Å². The highest BCUT2D eigenvalue weighted by atomic mass is 19.1. The van der Waals surface area contributed by atoms with Gasteiger partial charge in [0.1, 0.15) is 17.7 Å². The van der Waals surface area contributed by atoms with Crippen LogP contribution in [0.25, 0.3) is 0 Å². The molecule has 2 nitrogen and oxygen atoms in total. The summed E-state index contributed by atoms with van der Waals surface area (Å²) in [4.78, 5) is 0. The van der Waals surface area contributed by atoms with E-state index >= 15 is 0 Å². The first kappa shape index (κ1) is 13.7. The number of aliphatic hydroxyl groups excluding tert-OH is 1. The van der Waals surface area contributed by atoms with Crippen molar-refractivity contribution in [2.45, 2.75) is 18.9 Å². The highest BCUT2D eigenvalue weighted by molar-refractivity contribution is 5.40. The zero-order chi connectivity index (χ0) is 15.0. The fourth-order valence-corrected chi connectivity index (χ4v) is 3.03. The third-order valence-electron chi connectivity index (χ3n) is 4.15. The number of hydrogen-bond acceptors (Lipinski definition) is 2. The minimum absolute atomic E-state index is 0.286. The van der Waals surface area contributed by atoms with E-state index in [9.17, 15) is 19.1 Å². The second-order valence-corrected chi connectivity index (χ2v) is 5.43. The molecule has 3 rings (SSSR count). The number of aliphatic hydroxyl groups is 1. The molecule has 0 spiro atoms. The van der Waals surface area contributed by atoms with Crippen LogP contribution in [0.15, 0.2) is 42.5 Å². The maximum Gasteiger partial charge on any atom is 0.132 e. The van der Waals surface area contributed by atoms with Gasteiger partial charge in [-0.1, -0.05) is 30.3 Å². The topological polar surface area (TPSA) is 44.0 Å². The molecule has 0 bridgehead atoms. The van der Waals surface area contributed by atoms with Crippen molar-refractivity contribution in [3.63, 3.8) is 0 Å². The van der Waals surface area contributed by atoms with Crippen LogP contribution in [-0.2, 0) is 12.8 Å². The van der Waals surface area contributed by atoms with Crippen LogP contribution in [0.4, 0.5) is 8.78 Å². The molecule has 1 unspecified atom stereocenters. The quantitative estimate of drug-likeness (QED) is 0.920. The molecule has 0 saturated heterocycles. The van der Waals surface area contributed by atoms with E-state index in [2.05, 4.69) is 6.07 Å². The fourth-order valence-electron chi connectivity index (χ4n) is 3.03. The van der Waals surface area contributed by atoms with E-state index in [0.29, 0.717) is 0 Å². The molecular weight excluding hydrogens is 272 g/mol. The molecule has 0 aromatic heterocycles. The molecule has 0 radical (unpaired) electrons. The molecule has 1 aliphatic carbocycles. The Morgan fingerprint density at radius 1 is 1.00 bits per heavy atom. The number of halogens is 2. The molecule has 2 aromatic rings. The minimum Gasteiger partial charge on any atom is -0.386 e. The lowest BCUT2D eigenvalue weighted by molar-refractivity contribution is 0.0626. The van der Waals surface area contributed by atoms with Gasteiger partial charge in [-0.15, -0.1) is 0 Å². The van der Waals surface area contributed by atoms with Gasteiger partial charge < -0.3 is 5.11 Å². The number of nitriles is 1. The van der Waals surface area contributed by atoms with Gasteiger partial charge in [-0.25, -0.2) is 8.78 Å². The van der Waals surface area contributed by atoms with E-state index in [4.69, 9.17) is 0 Å². The van der Waals surface area contributed by atoms with Crippen LogP contribution in [0.2, 0.25) is 0 Å². The molecule has 0 aliphatic heterocycles. The Hall–Kier alpha value is -2.25. The first-order chi connectivity index (χ1) is 10.1. The van der Waals surface area contributed by atoms with Gasteiger partial charge in [0.05, 0.1) is 17.0 Å². The van der Waals surface area contributed by atoms with Crippen molar-refractivity contribution >= 4 is 0 Å². The molecule has 0 saturated carbocycles. The molecule has 0 fully saturated rings. The number of benzene rings is 2. The Bertz CT molecular complexity index is 691. The SMILES string of the molecule is N#CC1(C(O)c2c(F)cccc2F)Cc2ccccc2C1. The van der Waals surface area contributed by atoms with Gasteiger partial charge in [0.2, 0.25) is 0 Å². The van der Waals surface area contributed by atoms with Crippen molar-refractivity contribution in [2.24, 2.45) is 5.41 Å². The molecule has 4 heteroatoms. The van der Waals surface area contributed by atoms with Crippen LogP contribution in [0.5, 0.6) is 0 Å². The highest BCUT2D eigenvalue weighted by Gasteiger charge is 2.46. The van der Waals surface area contributed by atoms with E-state index in [1.54, 1.807) is 0 Å². The van der Waals surface area contributed by atoms with E-state index < -0.39 is 28.7 Å². The number of fused-ring (bicyclic) bond motifs is 1.